The lowest BCUT2D eigenvalue weighted by atomic mass is 10.3. The van der Waals surface area contributed by atoms with Crippen LogP contribution in [0.3, 0.4) is 0 Å². The van der Waals surface area contributed by atoms with E-state index in [-0.39, 0.29) is 5.97 Å². The highest BCUT2D eigenvalue weighted by atomic mass is 127. The van der Waals surface area contributed by atoms with Crippen LogP contribution < -0.4 is 4.90 Å². The van der Waals surface area contributed by atoms with Crippen LogP contribution in [0.1, 0.15) is 15.2 Å². The molecule has 7 heteroatoms. The minimum absolute atomic E-state index is 0.389. The molecule has 5 nitrogen and oxygen atoms in total. The van der Waals surface area contributed by atoms with Crippen LogP contribution in [-0.2, 0) is 9.47 Å². The predicted octanol–water partition coefficient (Wildman–Crippen LogP) is 1.85. The SMILES string of the molecule is COC(=O)c1sc(N2CCOCC2)c(C#N)c1I. The second kappa shape index (κ2) is 5.86. The van der Waals surface area contributed by atoms with E-state index in [1.54, 1.807) is 0 Å². The lowest BCUT2D eigenvalue weighted by molar-refractivity contribution is 0.0605. The van der Waals surface area contributed by atoms with Gasteiger partial charge in [-0.2, -0.15) is 5.26 Å². The van der Waals surface area contributed by atoms with Crippen molar-refractivity contribution in [3.8, 4) is 6.07 Å². The summed E-state index contributed by atoms with van der Waals surface area (Å²) in [6.45, 7) is 2.78. The Morgan fingerprint density at radius 2 is 2.22 bits per heavy atom. The summed E-state index contributed by atoms with van der Waals surface area (Å²) in [5, 5.41) is 10.1. The Bertz CT molecular complexity index is 503. The van der Waals surface area contributed by atoms with Crippen molar-refractivity contribution in [1.29, 1.82) is 5.26 Å². The van der Waals surface area contributed by atoms with Gasteiger partial charge in [0.15, 0.2) is 0 Å². The maximum absolute atomic E-state index is 11.6. The first-order valence-corrected chi connectivity index (χ1v) is 7.22. The lowest BCUT2D eigenvalue weighted by Gasteiger charge is -2.27. The van der Waals surface area contributed by atoms with Crippen LogP contribution in [0.2, 0.25) is 0 Å². The maximum Gasteiger partial charge on any atom is 0.349 e. The Morgan fingerprint density at radius 1 is 1.56 bits per heavy atom. The number of esters is 1. The molecular formula is C11H11IN2O3S. The van der Waals surface area contributed by atoms with E-state index in [0.717, 1.165) is 18.1 Å². The Hall–Kier alpha value is -0.850. The third-order valence-corrected chi connectivity index (χ3v) is 5.29. The van der Waals surface area contributed by atoms with Gasteiger partial charge in [0.05, 0.1) is 23.9 Å². The third kappa shape index (κ3) is 2.46. The standard InChI is InChI=1S/C11H11IN2O3S/c1-16-11(15)9-8(12)7(6-13)10(18-9)14-2-4-17-5-3-14/h2-5H2,1H3. The molecule has 0 unspecified atom stereocenters. The largest absolute Gasteiger partial charge is 0.465 e. The molecule has 1 aliphatic heterocycles. The van der Waals surface area contributed by atoms with E-state index in [2.05, 4.69) is 11.0 Å². The van der Waals surface area contributed by atoms with Gasteiger partial charge >= 0.3 is 5.97 Å². The molecule has 1 aromatic rings. The molecule has 2 heterocycles. The number of morpholine rings is 1. The first-order valence-electron chi connectivity index (χ1n) is 5.32. The number of nitriles is 1. The van der Waals surface area contributed by atoms with Gasteiger partial charge in [0.25, 0.3) is 0 Å². The molecule has 2 rings (SSSR count). The van der Waals surface area contributed by atoms with Gasteiger partial charge in [-0.1, -0.05) is 0 Å². The van der Waals surface area contributed by atoms with Crippen molar-refractivity contribution in [3.05, 3.63) is 14.0 Å². The molecule has 0 aromatic carbocycles. The molecule has 0 spiro atoms. The molecule has 0 radical (unpaired) electrons. The number of ether oxygens (including phenoxy) is 2. The second-order valence-electron chi connectivity index (χ2n) is 3.63. The number of hydrogen-bond acceptors (Lipinski definition) is 6. The monoisotopic (exact) mass is 378 g/mol. The van der Waals surface area contributed by atoms with Crippen molar-refractivity contribution in [2.24, 2.45) is 0 Å². The van der Waals surface area contributed by atoms with Crippen LogP contribution in [0.4, 0.5) is 5.00 Å². The minimum Gasteiger partial charge on any atom is -0.465 e. The summed E-state index contributed by atoms with van der Waals surface area (Å²) in [6, 6.07) is 2.17. The summed E-state index contributed by atoms with van der Waals surface area (Å²) >= 11 is 3.34. The van der Waals surface area contributed by atoms with Crippen LogP contribution in [0.5, 0.6) is 0 Å². The summed E-state index contributed by atoms with van der Waals surface area (Å²) in [4.78, 5) is 14.2. The van der Waals surface area contributed by atoms with E-state index >= 15 is 0 Å². The molecule has 1 saturated heterocycles. The third-order valence-electron chi connectivity index (χ3n) is 2.61. The number of hydrogen-bond donors (Lipinski definition) is 0. The fourth-order valence-corrected chi connectivity index (χ4v) is 3.93. The minimum atomic E-state index is -0.389. The average molecular weight is 378 g/mol. The van der Waals surface area contributed by atoms with Crippen molar-refractivity contribution < 1.29 is 14.3 Å². The zero-order chi connectivity index (χ0) is 13.1. The Morgan fingerprint density at radius 3 is 2.78 bits per heavy atom. The Balaban J connectivity index is 2.40. The van der Waals surface area contributed by atoms with E-state index in [0.29, 0.717) is 27.2 Å². The molecular weight excluding hydrogens is 367 g/mol. The molecule has 0 atom stereocenters. The van der Waals surface area contributed by atoms with Crippen LogP contribution in [0, 0.1) is 14.9 Å². The zero-order valence-electron chi connectivity index (χ0n) is 9.73. The molecule has 0 aliphatic carbocycles. The van der Waals surface area contributed by atoms with E-state index < -0.39 is 0 Å². The molecule has 0 saturated carbocycles. The van der Waals surface area contributed by atoms with Gasteiger partial charge in [0.1, 0.15) is 21.5 Å². The number of halogens is 1. The van der Waals surface area contributed by atoms with E-state index in [1.807, 2.05) is 22.6 Å². The number of methoxy groups -OCH3 is 1. The van der Waals surface area contributed by atoms with Crippen molar-refractivity contribution in [1.82, 2.24) is 0 Å². The number of rotatable bonds is 2. The van der Waals surface area contributed by atoms with Gasteiger partial charge < -0.3 is 14.4 Å². The fraction of sp³-hybridized carbons (Fsp3) is 0.455. The van der Waals surface area contributed by atoms with Gasteiger partial charge in [0, 0.05) is 13.1 Å². The molecule has 1 aliphatic rings. The van der Waals surface area contributed by atoms with Crippen molar-refractivity contribution in [2.45, 2.75) is 0 Å². The number of anilines is 1. The molecule has 0 amide bonds. The van der Waals surface area contributed by atoms with Crippen molar-refractivity contribution >= 4 is 44.9 Å². The van der Waals surface area contributed by atoms with Gasteiger partial charge in [0.2, 0.25) is 0 Å². The summed E-state index contributed by atoms with van der Waals surface area (Å²) < 4.78 is 10.7. The lowest BCUT2D eigenvalue weighted by Crippen LogP contribution is -2.36. The zero-order valence-corrected chi connectivity index (χ0v) is 12.7. The van der Waals surface area contributed by atoms with Crippen LogP contribution in [0.15, 0.2) is 0 Å². The fourth-order valence-electron chi connectivity index (χ4n) is 1.71. The van der Waals surface area contributed by atoms with E-state index in [1.165, 1.54) is 18.4 Å². The number of thiophene rings is 1. The van der Waals surface area contributed by atoms with Crippen LogP contribution in [0.25, 0.3) is 0 Å². The smallest absolute Gasteiger partial charge is 0.349 e. The first kappa shape index (κ1) is 13.6. The highest BCUT2D eigenvalue weighted by Crippen LogP contribution is 2.37. The average Bonchev–Trinajstić information content (AvgIpc) is 2.76. The maximum atomic E-state index is 11.6. The molecule has 0 bridgehead atoms. The molecule has 18 heavy (non-hydrogen) atoms. The molecule has 0 N–H and O–H groups in total. The number of carbonyl (C=O) groups is 1. The molecule has 96 valence electrons. The van der Waals surface area contributed by atoms with Gasteiger partial charge in [-0.15, -0.1) is 11.3 Å². The number of carbonyl (C=O) groups excluding carboxylic acids is 1. The van der Waals surface area contributed by atoms with E-state index in [4.69, 9.17) is 9.47 Å². The normalized spacial score (nSPS) is 15.3. The van der Waals surface area contributed by atoms with Crippen LogP contribution in [-0.4, -0.2) is 39.4 Å². The first-order chi connectivity index (χ1) is 8.69. The van der Waals surface area contributed by atoms with Gasteiger partial charge in [-0.05, 0) is 22.6 Å². The Labute approximate surface area is 122 Å². The summed E-state index contributed by atoms with van der Waals surface area (Å²) in [7, 11) is 1.35. The van der Waals surface area contributed by atoms with Crippen molar-refractivity contribution in [3.63, 3.8) is 0 Å². The second-order valence-corrected chi connectivity index (χ2v) is 5.71. The number of nitrogens with zero attached hydrogens (tertiary/aromatic N) is 2. The predicted molar refractivity (Wildman–Crippen MR) is 76.1 cm³/mol. The van der Waals surface area contributed by atoms with E-state index in [9.17, 15) is 10.1 Å². The van der Waals surface area contributed by atoms with Crippen molar-refractivity contribution in [2.75, 3.05) is 38.3 Å². The van der Waals surface area contributed by atoms with Gasteiger partial charge in [-0.25, -0.2) is 4.79 Å². The highest BCUT2D eigenvalue weighted by Gasteiger charge is 2.25. The summed E-state index contributed by atoms with van der Waals surface area (Å²) in [5.41, 5.74) is 0.558. The highest BCUT2D eigenvalue weighted by molar-refractivity contribution is 14.1. The molecule has 1 fully saturated rings. The topological polar surface area (TPSA) is 62.6 Å². The Kier molecular flexibility index (Phi) is 4.42. The summed E-state index contributed by atoms with van der Waals surface area (Å²) in [5.74, 6) is -0.389. The summed E-state index contributed by atoms with van der Waals surface area (Å²) in [6.07, 6.45) is 0. The van der Waals surface area contributed by atoms with Crippen LogP contribution >= 0.6 is 33.9 Å². The van der Waals surface area contributed by atoms with Gasteiger partial charge in [-0.3, -0.25) is 0 Å². The molecule has 1 aromatic heterocycles. The quantitative estimate of drug-likeness (QED) is 0.581.